The van der Waals surface area contributed by atoms with E-state index >= 15 is 0 Å². The van der Waals surface area contributed by atoms with E-state index < -0.39 is 0 Å². The summed E-state index contributed by atoms with van der Waals surface area (Å²) in [5.41, 5.74) is 7.49. The number of nitrogens with zero attached hydrogens (tertiary/aromatic N) is 4. The minimum Gasteiger partial charge on any atom is -0.398 e. The van der Waals surface area contributed by atoms with Gasteiger partial charge in [0.25, 0.3) is 0 Å². The Morgan fingerprint density at radius 3 is 2.71 bits per heavy atom. The highest BCUT2D eigenvalue weighted by Gasteiger charge is 2.14. The molecule has 0 spiro atoms. The molecule has 106 valence electrons. The molecule has 3 aromatic rings. The van der Waals surface area contributed by atoms with Crippen LogP contribution in [0.2, 0.25) is 5.02 Å². The smallest absolute Gasteiger partial charge is 0.187 e. The van der Waals surface area contributed by atoms with E-state index in [2.05, 4.69) is 31.5 Å². The molecule has 1 heterocycles. The Balaban J connectivity index is 2.14. The molecule has 1 aromatic heterocycles. The van der Waals surface area contributed by atoms with E-state index in [4.69, 9.17) is 17.3 Å². The van der Waals surface area contributed by atoms with Gasteiger partial charge in [0.05, 0.1) is 16.4 Å². The van der Waals surface area contributed by atoms with Crippen molar-refractivity contribution in [2.75, 3.05) is 5.73 Å². The topological polar surface area (TPSA) is 69.6 Å². The number of nitrogens with two attached hydrogens (primary N) is 1. The molecule has 0 amide bonds. The number of anilines is 1. The van der Waals surface area contributed by atoms with Gasteiger partial charge in [-0.15, -0.1) is 5.10 Å². The molecule has 21 heavy (non-hydrogen) atoms. The van der Waals surface area contributed by atoms with Gasteiger partial charge >= 0.3 is 0 Å². The molecular formula is C13H8BrClFN5. The van der Waals surface area contributed by atoms with Crippen molar-refractivity contribution in [1.82, 2.24) is 20.2 Å². The lowest BCUT2D eigenvalue weighted by Crippen LogP contribution is -2.01. The first-order valence-corrected chi connectivity index (χ1v) is 7.02. The van der Waals surface area contributed by atoms with Crippen LogP contribution in [-0.4, -0.2) is 20.2 Å². The largest absolute Gasteiger partial charge is 0.398 e. The van der Waals surface area contributed by atoms with Crippen molar-refractivity contribution in [1.29, 1.82) is 0 Å². The van der Waals surface area contributed by atoms with Gasteiger partial charge in [0.15, 0.2) is 5.82 Å². The maximum Gasteiger partial charge on any atom is 0.187 e. The third kappa shape index (κ3) is 2.62. The van der Waals surface area contributed by atoms with Crippen molar-refractivity contribution in [3.05, 3.63) is 51.7 Å². The van der Waals surface area contributed by atoms with Crippen molar-refractivity contribution < 1.29 is 4.39 Å². The summed E-state index contributed by atoms with van der Waals surface area (Å²) < 4.78 is 15.2. The van der Waals surface area contributed by atoms with Crippen LogP contribution in [0.15, 0.2) is 40.9 Å². The lowest BCUT2D eigenvalue weighted by Gasteiger charge is -2.07. The Hall–Kier alpha value is -1.99. The van der Waals surface area contributed by atoms with Crippen LogP contribution >= 0.6 is 27.5 Å². The van der Waals surface area contributed by atoms with Gasteiger partial charge in [-0.3, -0.25) is 0 Å². The zero-order valence-electron chi connectivity index (χ0n) is 10.5. The third-order valence-electron chi connectivity index (χ3n) is 2.87. The molecule has 0 bridgehead atoms. The van der Waals surface area contributed by atoms with E-state index in [0.717, 1.165) is 0 Å². The number of hydrogen-bond acceptors (Lipinski definition) is 4. The Morgan fingerprint density at radius 1 is 1.19 bits per heavy atom. The minimum atomic E-state index is -0.351. The summed E-state index contributed by atoms with van der Waals surface area (Å²) >= 11 is 9.32. The van der Waals surface area contributed by atoms with E-state index in [-0.39, 0.29) is 5.82 Å². The quantitative estimate of drug-likeness (QED) is 0.703. The lowest BCUT2D eigenvalue weighted by atomic mass is 10.2. The molecule has 0 aliphatic heterocycles. The Kier molecular flexibility index (Phi) is 3.60. The normalized spacial score (nSPS) is 10.8. The molecule has 8 heteroatoms. The van der Waals surface area contributed by atoms with Gasteiger partial charge in [0.2, 0.25) is 0 Å². The molecule has 2 N–H and O–H groups in total. The molecule has 3 rings (SSSR count). The Labute approximate surface area is 132 Å². The fraction of sp³-hybridized carbons (Fsp3) is 0. The van der Waals surface area contributed by atoms with Gasteiger partial charge in [-0.05, 0) is 62.8 Å². The fourth-order valence-corrected chi connectivity index (χ4v) is 2.55. The highest BCUT2D eigenvalue weighted by Crippen LogP contribution is 2.29. The summed E-state index contributed by atoms with van der Waals surface area (Å²) in [5, 5.41) is 12.0. The lowest BCUT2D eigenvalue weighted by molar-refractivity contribution is 0.625. The van der Waals surface area contributed by atoms with Crippen molar-refractivity contribution in [2.45, 2.75) is 0 Å². The van der Waals surface area contributed by atoms with Crippen molar-refractivity contribution in [2.24, 2.45) is 0 Å². The van der Waals surface area contributed by atoms with Gasteiger partial charge in [-0.2, -0.15) is 4.68 Å². The molecule has 5 nitrogen and oxygen atoms in total. The van der Waals surface area contributed by atoms with Crippen LogP contribution < -0.4 is 5.73 Å². The maximum absolute atomic E-state index is 13.2. The number of nitrogen functional groups attached to an aromatic ring is 1. The molecular weight excluding hydrogens is 361 g/mol. The zero-order valence-corrected chi connectivity index (χ0v) is 12.8. The summed E-state index contributed by atoms with van der Waals surface area (Å²) in [6, 6.07) is 9.38. The number of tetrazole rings is 1. The van der Waals surface area contributed by atoms with Crippen molar-refractivity contribution in [3.8, 4) is 17.1 Å². The van der Waals surface area contributed by atoms with E-state index in [1.165, 1.54) is 16.8 Å². The molecule has 0 aliphatic rings. The van der Waals surface area contributed by atoms with Crippen molar-refractivity contribution >= 4 is 33.2 Å². The third-order valence-corrected chi connectivity index (χ3v) is 3.83. The first kappa shape index (κ1) is 14.0. The molecule has 0 aliphatic carbocycles. The first-order chi connectivity index (χ1) is 10.1. The molecule has 0 saturated carbocycles. The first-order valence-electron chi connectivity index (χ1n) is 5.85. The zero-order chi connectivity index (χ0) is 15.0. The summed E-state index contributed by atoms with van der Waals surface area (Å²) in [7, 11) is 0. The van der Waals surface area contributed by atoms with Gasteiger partial charge in [-0.1, -0.05) is 11.6 Å². The SMILES string of the molecule is Nc1ccc(-c2nnnn2-c2ccc(F)cc2Br)cc1Cl. The highest BCUT2D eigenvalue weighted by molar-refractivity contribution is 9.10. The summed E-state index contributed by atoms with van der Waals surface area (Å²) in [6.07, 6.45) is 0. The van der Waals surface area contributed by atoms with E-state index in [1.807, 2.05) is 0 Å². The molecule has 0 unspecified atom stereocenters. The standard InChI is InChI=1S/C13H8BrClFN5/c14-9-6-8(16)2-4-12(9)21-13(18-19-20-21)7-1-3-11(17)10(15)5-7/h1-6H,17H2. The Morgan fingerprint density at radius 2 is 2.00 bits per heavy atom. The average Bonchev–Trinajstić information content (AvgIpc) is 2.91. The average molecular weight is 369 g/mol. The van der Waals surface area contributed by atoms with E-state index in [1.54, 1.807) is 24.3 Å². The second-order valence-corrected chi connectivity index (χ2v) is 5.51. The second kappa shape index (κ2) is 5.42. The molecule has 0 saturated heterocycles. The van der Waals surface area contributed by atoms with Gasteiger partial charge in [-0.25, -0.2) is 4.39 Å². The highest BCUT2D eigenvalue weighted by atomic mass is 79.9. The van der Waals surface area contributed by atoms with Crippen molar-refractivity contribution in [3.63, 3.8) is 0 Å². The summed E-state index contributed by atoms with van der Waals surface area (Å²) in [5.74, 6) is 0.125. The minimum absolute atomic E-state index is 0.351. The van der Waals surface area contributed by atoms with Crippen LogP contribution in [0, 0.1) is 5.82 Å². The number of benzene rings is 2. The summed E-state index contributed by atoms with van der Waals surface area (Å²) in [6.45, 7) is 0. The van der Waals surface area contributed by atoms with Gasteiger partial charge in [0, 0.05) is 10.0 Å². The Bertz CT molecular complexity index is 820. The van der Waals surface area contributed by atoms with E-state index in [9.17, 15) is 4.39 Å². The van der Waals surface area contributed by atoms with Crippen LogP contribution in [0.4, 0.5) is 10.1 Å². The summed E-state index contributed by atoms with van der Waals surface area (Å²) in [4.78, 5) is 0. The number of rotatable bonds is 2. The maximum atomic E-state index is 13.2. The molecule has 0 radical (unpaired) electrons. The number of aromatic nitrogens is 4. The van der Waals surface area contributed by atoms with Crippen LogP contribution in [0.5, 0.6) is 0 Å². The molecule has 0 fully saturated rings. The number of halogens is 3. The fourth-order valence-electron chi connectivity index (χ4n) is 1.85. The van der Waals surface area contributed by atoms with Crippen LogP contribution in [0.1, 0.15) is 0 Å². The van der Waals surface area contributed by atoms with Crippen LogP contribution in [0.25, 0.3) is 17.1 Å². The van der Waals surface area contributed by atoms with Crippen LogP contribution in [0.3, 0.4) is 0 Å². The van der Waals surface area contributed by atoms with Crippen LogP contribution in [-0.2, 0) is 0 Å². The predicted molar refractivity (Wildman–Crippen MR) is 81.7 cm³/mol. The molecule has 0 atom stereocenters. The predicted octanol–water partition coefficient (Wildman–Crippen LogP) is 3.47. The monoisotopic (exact) mass is 367 g/mol. The second-order valence-electron chi connectivity index (χ2n) is 4.25. The number of hydrogen-bond donors (Lipinski definition) is 1. The molecule has 2 aromatic carbocycles. The van der Waals surface area contributed by atoms with Gasteiger partial charge in [0.1, 0.15) is 5.82 Å². The van der Waals surface area contributed by atoms with E-state index in [0.29, 0.717) is 32.3 Å². The van der Waals surface area contributed by atoms with Gasteiger partial charge < -0.3 is 5.73 Å².